The van der Waals surface area contributed by atoms with Gasteiger partial charge in [0.15, 0.2) is 5.69 Å². The van der Waals surface area contributed by atoms with Crippen LogP contribution in [0.1, 0.15) is 16.1 Å². The Hall–Kier alpha value is -3.04. The highest BCUT2D eigenvalue weighted by Crippen LogP contribution is 2.32. The van der Waals surface area contributed by atoms with E-state index in [0.717, 1.165) is 10.7 Å². The first kappa shape index (κ1) is 14.9. The molecule has 0 saturated heterocycles. The Balaban J connectivity index is 2.17. The number of anilines is 1. The van der Waals surface area contributed by atoms with Crippen LogP contribution in [-0.2, 0) is 13.2 Å². The minimum absolute atomic E-state index is 0.0446. The number of primary amides is 1. The van der Waals surface area contributed by atoms with Gasteiger partial charge in [-0.25, -0.2) is 4.52 Å². The van der Waals surface area contributed by atoms with Crippen LogP contribution in [-0.4, -0.2) is 25.3 Å². The van der Waals surface area contributed by atoms with Crippen molar-refractivity contribution in [3.8, 4) is 11.3 Å². The summed E-state index contributed by atoms with van der Waals surface area (Å²) >= 11 is 0. The van der Waals surface area contributed by atoms with Crippen LogP contribution < -0.4 is 11.5 Å². The minimum Gasteiger partial charge on any atom is -0.396 e. The van der Waals surface area contributed by atoms with Gasteiger partial charge < -0.3 is 11.5 Å². The topological polar surface area (TPSA) is 104 Å². The summed E-state index contributed by atoms with van der Waals surface area (Å²) in [6.45, 7) is 0. The number of nitrogens with zero attached hydrogens (tertiary/aromatic N) is 4. The molecule has 7 nitrogen and oxygen atoms in total. The van der Waals surface area contributed by atoms with Crippen molar-refractivity contribution in [2.75, 3.05) is 5.73 Å². The Morgan fingerprint density at radius 3 is 2.57 bits per heavy atom. The molecule has 10 heteroatoms. The number of amides is 1. The predicted molar refractivity (Wildman–Crippen MR) is 75.3 cm³/mol. The first-order valence-electron chi connectivity index (χ1n) is 6.36. The van der Waals surface area contributed by atoms with E-state index < -0.39 is 17.8 Å². The predicted octanol–water partition coefficient (Wildman–Crippen LogP) is 1.43. The number of aryl methyl sites for hydroxylation is 1. The average Bonchev–Trinajstić information content (AvgIpc) is 3.01. The van der Waals surface area contributed by atoms with Gasteiger partial charge in [-0.3, -0.25) is 9.48 Å². The van der Waals surface area contributed by atoms with Crippen molar-refractivity contribution in [2.45, 2.75) is 6.18 Å². The van der Waals surface area contributed by atoms with E-state index in [4.69, 9.17) is 11.5 Å². The number of rotatable bonds is 2. The van der Waals surface area contributed by atoms with Crippen LogP contribution in [0.25, 0.3) is 16.8 Å². The lowest BCUT2D eigenvalue weighted by Gasteiger charge is -2.02. The molecule has 0 atom stereocenters. The average molecular weight is 324 g/mol. The van der Waals surface area contributed by atoms with Crippen LogP contribution in [0.2, 0.25) is 0 Å². The van der Waals surface area contributed by atoms with Crippen LogP contribution >= 0.6 is 0 Å². The maximum atomic E-state index is 12.7. The molecule has 3 aromatic rings. The van der Waals surface area contributed by atoms with Crippen molar-refractivity contribution in [1.29, 1.82) is 0 Å². The van der Waals surface area contributed by atoms with Crippen molar-refractivity contribution < 1.29 is 18.0 Å². The molecule has 0 aliphatic rings. The standard InChI is InChI=1S/C13H11F3N6O/c1-21-8(3-10(20-21)13(14,15)16)6-2-9-11(17)7(12(18)23)4-19-22(9)5-6/h2-5H,17H2,1H3,(H2,18,23). The summed E-state index contributed by atoms with van der Waals surface area (Å²) in [4.78, 5) is 11.3. The molecule has 4 N–H and O–H groups in total. The van der Waals surface area contributed by atoms with E-state index in [0.29, 0.717) is 11.1 Å². The molecule has 0 aromatic carbocycles. The van der Waals surface area contributed by atoms with E-state index in [9.17, 15) is 18.0 Å². The normalized spacial score (nSPS) is 12.0. The molecule has 3 aromatic heterocycles. The smallest absolute Gasteiger partial charge is 0.396 e. The Bertz CT molecular complexity index is 924. The number of carbonyl (C=O) groups excluding carboxylic acids is 1. The summed E-state index contributed by atoms with van der Waals surface area (Å²) in [6, 6.07) is 2.45. The van der Waals surface area contributed by atoms with Gasteiger partial charge in [-0.2, -0.15) is 23.4 Å². The number of hydrogen-bond donors (Lipinski definition) is 2. The molecule has 0 aliphatic carbocycles. The van der Waals surface area contributed by atoms with Crippen LogP contribution in [0.3, 0.4) is 0 Å². The lowest BCUT2D eigenvalue weighted by molar-refractivity contribution is -0.141. The summed E-state index contributed by atoms with van der Waals surface area (Å²) < 4.78 is 40.7. The van der Waals surface area contributed by atoms with Crippen LogP contribution in [0.15, 0.2) is 24.5 Å². The summed E-state index contributed by atoms with van der Waals surface area (Å²) in [6.07, 6.45) is -1.84. The summed E-state index contributed by atoms with van der Waals surface area (Å²) in [7, 11) is 1.40. The Morgan fingerprint density at radius 1 is 1.30 bits per heavy atom. The van der Waals surface area contributed by atoms with Crippen molar-refractivity contribution in [1.82, 2.24) is 19.4 Å². The van der Waals surface area contributed by atoms with Crippen molar-refractivity contribution in [3.63, 3.8) is 0 Å². The molecular weight excluding hydrogens is 313 g/mol. The van der Waals surface area contributed by atoms with E-state index in [1.54, 1.807) is 0 Å². The first-order chi connectivity index (χ1) is 10.7. The van der Waals surface area contributed by atoms with Gasteiger partial charge in [0, 0.05) is 18.8 Å². The molecule has 23 heavy (non-hydrogen) atoms. The van der Waals surface area contributed by atoms with Crippen LogP contribution in [0, 0.1) is 0 Å². The molecule has 0 unspecified atom stereocenters. The zero-order valence-corrected chi connectivity index (χ0v) is 11.8. The molecular formula is C13H11F3N6O. The highest BCUT2D eigenvalue weighted by molar-refractivity contribution is 6.01. The fraction of sp³-hybridized carbons (Fsp3) is 0.154. The molecule has 0 aliphatic heterocycles. The third-order valence-electron chi connectivity index (χ3n) is 3.41. The molecule has 0 radical (unpaired) electrons. The lowest BCUT2D eigenvalue weighted by Crippen LogP contribution is -2.15. The number of aromatic nitrogens is 4. The number of hydrogen-bond acceptors (Lipinski definition) is 4. The van der Waals surface area contributed by atoms with Gasteiger partial charge in [0.25, 0.3) is 5.91 Å². The SMILES string of the molecule is Cn1nc(C(F)(F)F)cc1-c1cc2c(N)c(C(N)=O)cnn2c1. The van der Waals surface area contributed by atoms with Gasteiger partial charge >= 0.3 is 6.18 Å². The minimum atomic E-state index is -4.54. The summed E-state index contributed by atoms with van der Waals surface area (Å²) in [5.74, 6) is -0.736. The Kier molecular flexibility index (Phi) is 3.06. The monoisotopic (exact) mass is 324 g/mol. The molecule has 0 fully saturated rings. The van der Waals surface area contributed by atoms with E-state index in [1.165, 1.54) is 30.0 Å². The maximum absolute atomic E-state index is 12.7. The zero-order valence-electron chi connectivity index (χ0n) is 11.8. The second kappa shape index (κ2) is 4.73. The summed E-state index contributed by atoms with van der Waals surface area (Å²) in [5, 5.41) is 7.43. The van der Waals surface area contributed by atoms with Crippen LogP contribution in [0.4, 0.5) is 18.9 Å². The van der Waals surface area contributed by atoms with Crippen molar-refractivity contribution >= 4 is 17.1 Å². The highest BCUT2D eigenvalue weighted by atomic mass is 19.4. The molecule has 0 bridgehead atoms. The molecule has 3 heterocycles. The van der Waals surface area contributed by atoms with E-state index >= 15 is 0 Å². The van der Waals surface area contributed by atoms with Gasteiger partial charge in [-0.1, -0.05) is 0 Å². The van der Waals surface area contributed by atoms with E-state index in [2.05, 4.69) is 10.2 Å². The maximum Gasteiger partial charge on any atom is 0.435 e. The summed E-state index contributed by atoms with van der Waals surface area (Å²) in [5.41, 5.74) is 11.2. The largest absolute Gasteiger partial charge is 0.435 e. The Labute approximate surface area is 127 Å². The number of alkyl halides is 3. The fourth-order valence-corrected chi connectivity index (χ4v) is 2.29. The van der Waals surface area contributed by atoms with Gasteiger partial charge in [0.1, 0.15) is 0 Å². The second-order valence-electron chi connectivity index (χ2n) is 4.93. The second-order valence-corrected chi connectivity index (χ2v) is 4.93. The van der Waals surface area contributed by atoms with Crippen LogP contribution in [0.5, 0.6) is 0 Å². The van der Waals surface area contributed by atoms with Gasteiger partial charge in [0.2, 0.25) is 0 Å². The molecule has 0 saturated carbocycles. The third-order valence-corrected chi connectivity index (χ3v) is 3.41. The molecule has 3 rings (SSSR count). The molecule has 1 amide bonds. The fourth-order valence-electron chi connectivity index (χ4n) is 2.29. The van der Waals surface area contributed by atoms with Crippen molar-refractivity contribution in [3.05, 3.63) is 35.8 Å². The number of nitrogens with two attached hydrogens (primary N) is 2. The van der Waals surface area contributed by atoms with Gasteiger partial charge in [-0.05, 0) is 12.1 Å². The number of fused-ring (bicyclic) bond motifs is 1. The van der Waals surface area contributed by atoms with Gasteiger partial charge in [0.05, 0.1) is 28.7 Å². The van der Waals surface area contributed by atoms with Gasteiger partial charge in [-0.15, -0.1) is 0 Å². The highest BCUT2D eigenvalue weighted by Gasteiger charge is 2.34. The Morgan fingerprint density at radius 2 is 2.00 bits per heavy atom. The zero-order chi connectivity index (χ0) is 16.9. The van der Waals surface area contributed by atoms with E-state index in [-0.39, 0.29) is 16.9 Å². The number of nitrogen functional groups attached to an aromatic ring is 1. The van der Waals surface area contributed by atoms with E-state index in [1.807, 2.05) is 0 Å². The quantitative estimate of drug-likeness (QED) is 0.744. The van der Waals surface area contributed by atoms with Crippen molar-refractivity contribution in [2.24, 2.45) is 12.8 Å². The first-order valence-corrected chi connectivity index (χ1v) is 6.36. The molecule has 0 spiro atoms. The number of halogens is 3. The lowest BCUT2D eigenvalue weighted by atomic mass is 10.2. The third kappa shape index (κ3) is 2.37. The number of carbonyl (C=O) groups is 1. The molecule has 120 valence electrons.